The summed E-state index contributed by atoms with van der Waals surface area (Å²) in [5, 5.41) is 12.3. The Balaban J connectivity index is 1.60. The van der Waals surface area contributed by atoms with Gasteiger partial charge in [-0.15, -0.1) is 11.3 Å². The van der Waals surface area contributed by atoms with E-state index in [9.17, 15) is 9.59 Å². The second kappa shape index (κ2) is 7.21. The van der Waals surface area contributed by atoms with Crippen LogP contribution in [0.2, 0.25) is 5.02 Å². The number of thiophene rings is 1. The number of carbonyl (C=O) groups is 2. The van der Waals surface area contributed by atoms with E-state index in [1.807, 2.05) is 12.1 Å². The first kappa shape index (κ1) is 16.8. The van der Waals surface area contributed by atoms with Gasteiger partial charge in [0.05, 0.1) is 11.4 Å². The van der Waals surface area contributed by atoms with Crippen LogP contribution in [-0.4, -0.2) is 28.6 Å². The lowest BCUT2D eigenvalue weighted by molar-refractivity contribution is 0.0711. The standard InChI is InChI=1S/C16H16ClN3O3S/c17-12-3-1-10(2-4-12)8-18-16(22)20-6-5-11-7-13(15(21)19-23)24-14(11)9-20/h1-4,7,23H,5-6,8-9H2,(H,18,22)(H,19,21). The van der Waals surface area contributed by atoms with Crippen molar-refractivity contribution in [2.24, 2.45) is 0 Å². The second-order valence-corrected chi connectivity index (χ2v) is 7.03. The Morgan fingerprint density at radius 1 is 1.29 bits per heavy atom. The molecule has 6 nitrogen and oxygen atoms in total. The topological polar surface area (TPSA) is 81.7 Å². The third-order valence-corrected chi connectivity index (χ3v) is 5.26. The van der Waals surface area contributed by atoms with Crippen molar-refractivity contribution in [2.45, 2.75) is 19.5 Å². The smallest absolute Gasteiger partial charge is 0.318 e. The number of fused-ring (bicyclic) bond motifs is 1. The van der Waals surface area contributed by atoms with Crippen LogP contribution in [0, 0.1) is 0 Å². The first-order valence-electron chi connectivity index (χ1n) is 7.40. The molecule has 1 aromatic heterocycles. The van der Waals surface area contributed by atoms with E-state index in [0.29, 0.717) is 36.0 Å². The molecule has 2 heterocycles. The lowest BCUT2D eigenvalue weighted by Crippen LogP contribution is -2.42. The molecule has 0 unspecified atom stereocenters. The predicted molar refractivity (Wildman–Crippen MR) is 91.4 cm³/mol. The number of nitrogens with zero attached hydrogens (tertiary/aromatic N) is 1. The number of carbonyl (C=O) groups excluding carboxylic acids is 2. The number of amides is 3. The average Bonchev–Trinajstić information content (AvgIpc) is 3.03. The maximum Gasteiger partial charge on any atom is 0.318 e. The minimum absolute atomic E-state index is 0.142. The average molecular weight is 366 g/mol. The van der Waals surface area contributed by atoms with Crippen LogP contribution in [0.4, 0.5) is 4.79 Å². The summed E-state index contributed by atoms with van der Waals surface area (Å²) in [7, 11) is 0. The molecule has 24 heavy (non-hydrogen) atoms. The van der Waals surface area contributed by atoms with E-state index in [-0.39, 0.29) is 6.03 Å². The minimum Gasteiger partial charge on any atom is -0.334 e. The Morgan fingerprint density at radius 3 is 2.75 bits per heavy atom. The Hall–Kier alpha value is -2.09. The van der Waals surface area contributed by atoms with Gasteiger partial charge in [-0.1, -0.05) is 23.7 Å². The number of hydroxylamine groups is 1. The molecule has 1 aliphatic rings. The SMILES string of the molecule is O=C(NO)c1cc2c(s1)CN(C(=O)NCc1ccc(Cl)cc1)CC2. The fraction of sp³-hybridized carbons (Fsp3) is 0.250. The van der Waals surface area contributed by atoms with E-state index < -0.39 is 5.91 Å². The molecular weight excluding hydrogens is 350 g/mol. The summed E-state index contributed by atoms with van der Waals surface area (Å²) in [6.45, 7) is 1.49. The molecular formula is C16H16ClN3O3S. The van der Waals surface area contributed by atoms with Gasteiger partial charge in [-0.25, -0.2) is 10.3 Å². The van der Waals surface area contributed by atoms with Crippen LogP contribution in [0.1, 0.15) is 25.7 Å². The molecule has 3 rings (SSSR count). The summed E-state index contributed by atoms with van der Waals surface area (Å²) < 4.78 is 0. The predicted octanol–water partition coefficient (Wildman–Crippen LogP) is 2.79. The van der Waals surface area contributed by atoms with Gasteiger partial charge in [-0.3, -0.25) is 10.0 Å². The van der Waals surface area contributed by atoms with Gasteiger partial charge in [0.15, 0.2) is 0 Å². The van der Waals surface area contributed by atoms with Crippen LogP contribution in [0.5, 0.6) is 0 Å². The molecule has 0 spiro atoms. The molecule has 0 aliphatic carbocycles. The summed E-state index contributed by atoms with van der Waals surface area (Å²) in [5.41, 5.74) is 3.67. The summed E-state index contributed by atoms with van der Waals surface area (Å²) in [4.78, 5) is 26.9. The highest BCUT2D eigenvalue weighted by Crippen LogP contribution is 2.28. The molecule has 0 fully saturated rings. The van der Waals surface area contributed by atoms with Crippen molar-refractivity contribution in [2.75, 3.05) is 6.54 Å². The molecule has 0 saturated carbocycles. The van der Waals surface area contributed by atoms with Crippen LogP contribution in [0.3, 0.4) is 0 Å². The second-order valence-electron chi connectivity index (χ2n) is 5.46. The van der Waals surface area contributed by atoms with E-state index in [1.54, 1.807) is 28.6 Å². The van der Waals surface area contributed by atoms with Crippen LogP contribution in [-0.2, 0) is 19.5 Å². The molecule has 0 radical (unpaired) electrons. The van der Waals surface area contributed by atoms with Crippen molar-refractivity contribution in [1.29, 1.82) is 0 Å². The number of hydrogen-bond acceptors (Lipinski definition) is 4. The van der Waals surface area contributed by atoms with Crippen LogP contribution < -0.4 is 10.8 Å². The largest absolute Gasteiger partial charge is 0.334 e. The highest BCUT2D eigenvalue weighted by Gasteiger charge is 2.24. The number of nitrogens with one attached hydrogen (secondary N) is 2. The van der Waals surface area contributed by atoms with Crippen molar-refractivity contribution >= 4 is 34.9 Å². The number of hydrogen-bond donors (Lipinski definition) is 3. The lowest BCUT2D eigenvalue weighted by Gasteiger charge is -2.27. The van der Waals surface area contributed by atoms with Crippen molar-refractivity contribution in [3.8, 4) is 0 Å². The summed E-state index contributed by atoms with van der Waals surface area (Å²) in [6.07, 6.45) is 0.693. The van der Waals surface area contributed by atoms with Crippen LogP contribution in [0.15, 0.2) is 30.3 Å². The van der Waals surface area contributed by atoms with Crippen molar-refractivity contribution < 1.29 is 14.8 Å². The highest BCUT2D eigenvalue weighted by atomic mass is 35.5. The molecule has 0 atom stereocenters. The molecule has 3 amide bonds. The highest BCUT2D eigenvalue weighted by molar-refractivity contribution is 7.14. The normalized spacial score (nSPS) is 13.3. The Morgan fingerprint density at radius 2 is 2.04 bits per heavy atom. The molecule has 1 aromatic carbocycles. The zero-order chi connectivity index (χ0) is 17.1. The fourth-order valence-electron chi connectivity index (χ4n) is 2.55. The molecule has 2 aromatic rings. The molecule has 0 bridgehead atoms. The van der Waals surface area contributed by atoms with Gasteiger partial charge in [0.1, 0.15) is 0 Å². The van der Waals surface area contributed by atoms with E-state index in [2.05, 4.69) is 5.32 Å². The maximum absolute atomic E-state index is 12.3. The molecule has 8 heteroatoms. The van der Waals surface area contributed by atoms with E-state index in [1.165, 1.54) is 11.3 Å². The Labute approximate surface area is 148 Å². The van der Waals surface area contributed by atoms with E-state index >= 15 is 0 Å². The van der Waals surface area contributed by atoms with E-state index in [0.717, 1.165) is 16.0 Å². The zero-order valence-corrected chi connectivity index (χ0v) is 14.3. The fourth-order valence-corrected chi connectivity index (χ4v) is 3.80. The van der Waals surface area contributed by atoms with Crippen molar-refractivity contribution in [3.05, 3.63) is 56.2 Å². The Bertz CT molecular complexity index is 760. The van der Waals surface area contributed by atoms with Crippen molar-refractivity contribution in [1.82, 2.24) is 15.7 Å². The van der Waals surface area contributed by atoms with Crippen LogP contribution >= 0.6 is 22.9 Å². The summed E-state index contributed by atoms with van der Waals surface area (Å²) >= 11 is 7.14. The third-order valence-electron chi connectivity index (χ3n) is 3.85. The van der Waals surface area contributed by atoms with Gasteiger partial charge in [-0.05, 0) is 35.7 Å². The first-order valence-corrected chi connectivity index (χ1v) is 8.59. The van der Waals surface area contributed by atoms with Gasteiger partial charge in [0.2, 0.25) is 0 Å². The van der Waals surface area contributed by atoms with Crippen molar-refractivity contribution in [3.63, 3.8) is 0 Å². The van der Waals surface area contributed by atoms with Gasteiger partial charge >= 0.3 is 6.03 Å². The Kier molecular flexibility index (Phi) is 5.03. The number of halogens is 1. The van der Waals surface area contributed by atoms with Gasteiger partial charge in [-0.2, -0.15) is 0 Å². The minimum atomic E-state index is -0.520. The van der Waals surface area contributed by atoms with Gasteiger partial charge in [0, 0.05) is 23.0 Å². The monoisotopic (exact) mass is 365 g/mol. The maximum atomic E-state index is 12.3. The molecule has 1 aliphatic heterocycles. The number of urea groups is 1. The third kappa shape index (κ3) is 3.69. The summed E-state index contributed by atoms with van der Waals surface area (Å²) in [5.74, 6) is -0.520. The van der Waals surface area contributed by atoms with Gasteiger partial charge < -0.3 is 10.2 Å². The molecule has 3 N–H and O–H groups in total. The van der Waals surface area contributed by atoms with Crippen LogP contribution in [0.25, 0.3) is 0 Å². The quantitative estimate of drug-likeness (QED) is 0.578. The first-order chi connectivity index (χ1) is 11.6. The summed E-state index contributed by atoms with van der Waals surface area (Å²) in [6, 6.07) is 8.95. The number of benzene rings is 1. The van der Waals surface area contributed by atoms with E-state index in [4.69, 9.17) is 16.8 Å². The lowest BCUT2D eigenvalue weighted by atomic mass is 10.1. The zero-order valence-electron chi connectivity index (χ0n) is 12.7. The number of rotatable bonds is 3. The molecule has 126 valence electrons. The molecule has 0 saturated heterocycles. The van der Waals surface area contributed by atoms with Gasteiger partial charge in [0.25, 0.3) is 5.91 Å².